The molecule has 0 radical (unpaired) electrons. The van der Waals surface area contributed by atoms with Crippen molar-refractivity contribution in [1.29, 1.82) is 0 Å². The third-order valence-corrected chi connectivity index (χ3v) is 2.61. The van der Waals surface area contributed by atoms with Gasteiger partial charge >= 0.3 is 0 Å². The first-order chi connectivity index (χ1) is 8.26. The summed E-state index contributed by atoms with van der Waals surface area (Å²) in [6.07, 6.45) is 7.13. The molecule has 0 saturated carbocycles. The molecule has 0 aliphatic rings. The SMILES string of the molecule is CCCNc1cncc(OCC(C)CCC)c1. The highest BCUT2D eigenvalue weighted by molar-refractivity contribution is 5.44. The van der Waals surface area contributed by atoms with Crippen molar-refractivity contribution in [2.24, 2.45) is 5.92 Å². The van der Waals surface area contributed by atoms with Crippen molar-refractivity contribution in [2.75, 3.05) is 18.5 Å². The van der Waals surface area contributed by atoms with Crippen LogP contribution < -0.4 is 10.1 Å². The molecular weight excluding hydrogens is 212 g/mol. The van der Waals surface area contributed by atoms with Gasteiger partial charge in [0.2, 0.25) is 0 Å². The molecule has 1 aromatic rings. The number of pyridine rings is 1. The van der Waals surface area contributed by atoms with Crippen LogP contribution in [-0.2, 0) is 0 Å². The summed E-state index contributed by atoms with van der Waals surface area (Å²) in [4.78, 5) is 4.17. The van der Waals surface area contributed by atoms with Crippen LogP contribution in [0.15, 0.2) is 18.5 Å². The molecule has 0 saturated heterocycles. The number of nitrogens with one attached hydrogen (secondary N) is 1. The predicted molar refractivity (Wildman–Crippen MR) is 72.6 cm³/mol. The molecule has 1 N–H and O–H groups in total. The summed E-state index contributed by atoms with van der Waals surface area (Å²) in [6.45, 7) is 8.31. The summed E-state index contributed by atoms with van der Waals surface area (Å²) in [5.41, 5.74) is 1.03. The van der Waals surface area contributed by atoms with Crippen LogP contribution in [0.4, 0.5) is 5.69 Å². The average Bonchev–Trinajstić information content (AvgIpc) is 2.35. The van der Waals surface area contributed by atoms with Crippen molar-refractivity contribution in [3.8, 4) is 5.75 Å². The first kappa shape index (κ1) is 13.8. The van der Waals surface area contributed by atoms with Crippen molar-refractivity contribution >= 4 is 5.69 Å². The van der Waals surface area contributed by atoms with Crippen molar-refractivity contribution in [3.63, 3.8) is 0 Å². The fourth-order valence-corrected chi connectivity index (χ4v) is 1.68. The molecule has 3 nitrogen and oxygen atoms in total. The summed E-state index contributed by atoms with van der Waals surface area (Å²) in [5.74, 6) is 1.46. The molecule has 0 amide bonds. The Kier molecular flexibility index (Phi) is 6.45. The van der Waals surface area contributed by atoms with Crippen LogP contribution in [0.5, 0.6) is 5.75 Å². The lowest BCUT2D eigenvalue weighted by Gasteiger charge is -2.12. The van der Waals surface area contributed by atoms with E-state index in [-0.39, 0.29) is 0 Å². The maximum absolute atomic E-state index is 5.74. The van der Waals surface area contributed by atoms with Gasteiger partial charge in [0.15, 0.2) is 0 Å². The van der Waals surface area contributed by atoms with Gasteiger partial charge in [-0.1, -0.05) is 27.2 Å². The molecule has 17 heavy (non-hydrogen) atoms. The van der Waals surface area contributed by atoms with E-state index in [0.29, 0.717) is 5.92 Å². The molecule has 1 rings (SSSR count). The molecule has 96 valence electrons. The number of ether oxygens (including phenoxy) is 1. The third-order valence-electron chi connectivity index (χ3n) is 2.61. The van der Waals surface area contributed by atoms with Gasteiger partial charge in [0.25, 0.3) is 0 Å². The normalized spacial score (nSPS) is 12.2. The minimum absolute atomic E-state index is 0.604. The van der Waals surface area contributed by atoms with E-state index in [2.05, 4.69) is 31.1 Å². The fourth-order valence-electron chi connectivity index (χ4n) is 1.68. The number of aromatic nitrogens is 1. The number of hydrogen-bond acceptors (Lipinski definition) is 3. The second-order valence-corrected chi connectivity index (χ2v) is 4.54. The Morgan fingerprint density at radius 3 is 2.82 bits per heavy atom. The molecule has 1 heterocycles. The molecular formula is C14H24N2O. The highest BCUT2D eigenvalue weighted by Gasteiger charge is 2.03. The molecule has 0 fully saturated rings. The first-order valence-corrected chi connectivity index (χ1v) is 6.58. The molecule has 0 bridgehead atoms. The Balaban J connectivity index is 2.42. The third kappa shape index (κ3) is 5.57. The highest BCUT2D eigenvalue weighted by atomic mass is 16.5. The van der Waals surface area contributed by atoms with Crippen LogP contribution >= 0.6 is 0 Å². The summed E-state index contributed by atoms with van der Waals surface area (Å²) in [7, 11) is 0. The quantitative estimate of drug-likeness (QED) is 0.747. The molecule has 1 atom stereocenters. The van der Waals surface area contributed by atoms with Gasteiger partial charge in [-0.3, -0.25) is 4.98 Å². The second kappa shape index (κ2) is 7.93. The molecule has 0 aromatic carbocycles. The Morgan fingerprint density at radius 1 is 1.29 bits per heavy atom. The second-order valence-electron chi connectivity index (χ2n) is 4.54. The zero-order valence-corrected chi connectivity index (χ0v) is 11.2. The van der Waals surface area contributed by atoms with Gasteiger partial charge in [0.05, 0.1) is 24.7 Å². The molecule has 0 spiro atoms. The number of nitrogens with zero attached hydrogens (tertiary/aromatic N) is 1. The van der Waals surface area contributed by atoms with Crippen molar-refractivity contribution in [3.05, 3.63) is 18.5 Å². The van der Waals surface area contributed by atoms with E-state index >= 15 is 0 Å². The molecule has 3 heteroatoms. The van der Waals surface area contributed by atoms with E-state index in [1.54, 1.807) is 6.20 Å². The molecule has 0 aliphatic heterocycles. The van der Waals surface area contributed by atoms with E-state index in [9.17, 15) is 0 Å². The van der Waals surface area contributed by atoms with Gasteiger partial charge < -0.3 is 10.1 Å². The average molecular weight is 236 g/mol. The standard InChI is InChI=1S/C14H24N2O/c1-4-6-12(3)11-17-14-8-13(9-15-10-14)16-7-5-2/h8-10,12,16H,4-7,11H2,1-3H3. The lowest BCUT2D eigenvalue weighted by atomic mass is 10.1. The monoisotopic (exact) mass is 236 g/mol. The molecule has 0 aliphatic carbocycles. The number of hydrogen-bond donors (Lipinski definition) is 1. The summed E-state index contributed by atoms with van der Waals surface area (Å²) >= 11 is 0. The zero-order valence-electron chi connectivity index (χ0n) is 11.2. The summed E-state index contributed by atoms with van der Waals surface area (Å²) in [6, 6.07) is 2.02. The van der Waals surface area contributed by atoms with Gasteiger partial charge in [0.1, 0.15) is 5.75 Å². The van der Waals surface area contributed by atoms with Crippen molar-refractivity contribution < 1.29 is 4.74 Å². The Morgan fingerprint density at radius 2 is 2.12 bits per heavy atom. The minimum Gasteiger partial charge on any atom is -0.492 e. The Hall–Kier alpha value is -1.25. The topological polar surface area (TPSA) is 34.2 Å². The van der Waals surface area contributed by atoms with Crippen molar-refractivity contribution in [1.82, 2.24) is 4.98 Å². The maximum Gasteiger partial charge on any atom is 0.139 e. The molecule has 1 unspecified atom stereocenters. The lowest BCUT2D eigenvalue weighted by molar-refractivity contribution is 0.251. The van der Waals surface area contributed by atoms with Gasteiger partial charge in [-0.05, 0) is 18.8 Å². The van der Waals surface area contributed by atoms with E-state index < -0.39 is 0 Å². The van der Waals surface area contributed by atoms with E-state index in [1.165, 1.54) is 12.8 Å². The van der Waals surface area contributed by atoms with Crippen LogP contribution in [0.25, 0.3) is 0 Å². The number of anilines is 1. The lowest BCUT2D eigenvalue weighted by Crippen LogP contribution is -2.08. The van der Waals surface area contributed by atoms with Crippen LogP contribution in [0.1, 0.15) is 40.0 Å². The van der Waals surface area contributed by atoms with E-state index in [1.807, 2.05) is 12.3 Å². The molecule has 1 aromatic heterocycles. The van der Waals surface area contributed by atoms with Crippen LogP contribution in [0.3, 0.4) is 0 Å². The predicted octanol–water partition coefficient (Wildman–Crippen LogP) is 3.72. The van der Waals surface area contributed by atoms with Gasteiger partial charge in [-0.25, -0.2) is 0 Å². The van der Waals surface area contributed by atoms with Crippen molar-refractivity contribution in [2.45, 2.75) is 40.0 Å². The fraction of sp³-hybridized carbons (Fsp3) is 0.643. The zero-order chi connectivity index (χ0) is 12.5. The first-order valence-electron chi connectivity index (χ1n) is 6.58. The smallest absolute Gasteiger partial charge is 0.139 e. The van der Waals surface area contributed by atoms with Gasteiger partial charge in [0, 0.05) is 12.6 Å². The maximum atomic E-state index is 5.74. The van der Waals surface area contributed by atoms with Crippen LogP contribution in [-0.4, -0.2) is 18.1 Å². The van der Waals surface area contributed by atoms with Gasteiger partial charge in [-0.2, -0.15) is 0 Å². The summed E-state index contributed by atoms with van der Waals surface area (Å²) in [5, 5.41) is 3.31. The largest absolute Gasteiger partial charge is 0.492 e. The van der Waals surface area contributed by atoms with E-state index in [0.717, 1.165) is 31.0 Å². The highest BCUT2D eigenvalue weighted by Crippen LogP contribution is 2.16. The summed E-state index contributed by atoms with van der Waals surface area (Å²) < 4.78 is 5.74. The van der Waals surface area contributed by atoms with Crippen LogP contribution in [0.2, 0.25) is 0 Å². The Labute approximate surface area is 105 Å². The minimum atomic E-state index is 0.604. The van der Waals surface area contributed by atoms with E-state index in [4.69, 9.17) is 4.74 Å². The van der Waals surface area contributed by atoms with Crippen LogP contribution in [0, 0.1) is 5.92 Å². The van der Waals surface area contributed by atoms with Gasteiger partial charge in [-0.15, -0.1) is 0 Å². The number of rotatable bonds is 8. The Bertz CT molecular complexity index is 315.